The van der Waals surface area contributed by atoms with E-state index in [9.17, 15) is 9.90 Å². The first-order valence-corrected chi connectivity index (χ1v) is 17.5. The summed E-state index contributed by atoms with van der Waals surface area (Å²) >= 11 is 9.53. The predicted molar refractivity (Wildman–Crippen MR) is 200 cm³/mol. The van der Waals surface area contributed by atoms with Gasteiger partial charge in [0.15, 0.2) is 0 Å². The fraction of sp³-hybridized carbons (Fsp3) is 0.256. The van der Waals surface area contributed by atoms with Crippen molar-refractivity contribution in [1.29, 1.82) is 0 Å². The summed E-state index contributed by atoms with van der Waals surface area (Å²) in [6, 6.07) is 33.3. The van der Waals surface area contributed by atoms with Gasteiger partial charge in [-0.05, 0) is 58.7 Å². The number of rotatable bonds is 4. The lowest BCUT2D eigenvalue weighted by molar-refractivity contribution is -0.119. The van der Waals surface area contributed by atoms with Crippen LogP contribution in [0.5, 0.6) is 0 Å². The number of alkyl halides is 2. The van der Waals surface area contributed by atoms with Crippen molar-refractivity contribution >= 4 is 62.4 Å². The summed E-state index contributed by atoms with van der Waals surface area (Å²) in [7, 11) is 0. The molecule has 0 radical (unpaired) electrons. The summed E-state index contributed by atoms with van der Waals surface area (Å²) in [4.78, 5) is 33.8. The topological polar surface area (TPSA) is 95.3 Å². The van der Waals surface area contributed by atoms with Gasteiger partial charge < -0.3 is 14.9 Å². The molecule has 2 aromatic heterocycles. The maximum Gasteiger partial charge on any atom is 0.225 e. The molecule has 250 valence electrons. The van der Waals surface area contributed by atoms with E-state index < -0.39 is 0 Å². The summed E-state index contributed by atoms with van der Waals surface area (Å²) < 4.78 is 0. The molecule has 0 aliphatic carbocycles. The van der Waals surface area contributed by atoms with E-state index in [1.165, 1.54) is 21.5 Å². The number of halogens is 2. The highest BCUT2D eigenvalue weighted by molar-refractivity contribution is 6.40. The van der Waals surface area contributed by atoms with Crippen LogP contribution >= 0.6 is 23.2 Å². The second-order valence-corrected chi connectivity index (χ2v) is 12.8. The van der Waals surface area contributed by atoms with Crippen LogP contribution in [0.1, 0.15) is 25.7 Å². The third-order valence-electron chi connectivity index (χ3n) is 8.73. The minimum absolute atomic E-state index is 0.185. The van der Waals surface area contributed by atoms with Gasteiger partial charge in [-0.25, -0.2) is 19.9 Å². The van der Waals surface area contributed by atoms with Gasteiger partial charge in [0, 0.05) is 62.5 Å². The number of hydrogen-bond donors (Lipinski definition) is 1. The van der Waals surface area contributed by atoms with E-state index in [4.69, 9.17) is 33.2 Å². The summed E-state index contributed by atoms with van der Waals surface area (Å²) in [6.45, 7) is 3.03. The molecule has 6 aromatic rings. The molecule has 4 heterocycles. The molecule has 0 atom stereocenters. The lowest BCUT2D eigenvalue weighted by atomic mass is 10.1. The van der Waals surface area contributed by atoms with E-state index >= 15 is 0 Å². The van der Waals surface area contributed by atoms with Crippen molar-refractivity contribution in [3.63, 3.8) is 0 Å². The van der Waals surface area contributed by atoms with Crippen LogP contribution in [0.2, 0.25) is 0 Å². The van der Waals surface area contributed by atoms with Gasteiger partial charge in [-0.1, -0.05) is 72.8 Å². The van der Waals surface area contributed by atoms with E-state index in [2.05, 4.69) is 92.6 Å². The molecule has 2 saturated heterocycles. The molecule has 1 N–H and O–H groups in total. The van der Waals surface area contributed by atoms with Crippen molar-refractivity contribution in [2.45, 2.75) is 31.8 Å². The Morgan fingerprint density at radius 2 is 1.04 bits per heavy atom. The van der Waals surface area contributed by atoms with Gasteiger partial charge in [0.2, 0.25) is 11.9 Å². The molecule has 0 amide bonds. The molecule has 2 fully saturated rings. The Morgan fingerprint density at radius 3 is 1.51 bits per heavy atom. The summed E-state index contributed by atoms with van der Waals surface area (Å²) in [5.41, 5.74) is 4.04. The number of aliphatic hydroxyl groups is 1. The van der Waals surface area contributed by atoms with E-state index in [1.807, 2.05) is 30.5 Å². The van der Waals surface area contributed by atoms with Crippen molar-refractivity contribution in [3.8, 4) is 22.5 Å². The quantitative estimate of drug-likeness (QED) is 0.185. The van der Waals surface area contributed by atoms with Crippen LogP contribution in [0.3, 0.4) is 0 Å². The molecule has 49 heavy (non-hydrogen) atoms. The molecule has 2 aliphatic heterocycles. The highest BCUT2D eigenvalue weighted by Gasteiger charge is 2.20. The summed E-state index contributed by atoms with van der Waals surface area (Å²) in [6.07, 6.45) is 6.16. The molecule has 0 saturated carbocycles. The number of carbonyl (C=O) groups is 1. The zero-order valence-electron chi connectivity index (χ0n) is 27.1. The third-order valence-corrected chi connectivity index (χ3v) is 8.73. The minimum atomic E-state index is -0.185. The van der Waals surface area contributed by atoms with Crippen LogP contribution < -0.4 is 9.80 Å². The molecule has 0 spiro atoms. The highest BCUT2D eigenvalue weighted by atomic mass is 35.5. The van der Waals surface area contributed by atoms with Gasteiger partial charge >= 0.3 is 0 Å². The predicted octanol–water partition coefficient (Wildman–Crippen LogP) is 8.15. The number of benzene rings is 4. The summed E-state index contributed by atoms with van der Waals surface area (Å²) in [5.74, 6) is 1.79. The van der Waals surface area contributed by atoms with Gasteiger partial charge in [-0.15, -0.1) is 23.2 Å². The standard InChI is InChI=1S/C19H19N3O.C19H17N3O.CH2Cl2/c2*23-17-8-11-22(12-9-17)19-20-10-7-18(21-19)16-6-5-14-3-1-2-4-15(14)13-16;2-1-3/h1-7,10,13,17,23H,8-9,11-12H2;1-7,10,13H,8-9,11-12H2;1H2. The lowest BCUT2D eigenvalue weighted by Gasteiger charge is -2.29. The van der Waals surface area contributed by atoms with Crippen molar-refractivity contribution in [2.75, 3.05) is 41.3 Å². The number of fused-ring (bicyclic) bond motifs is 2. The summed E-state index contributed by atoms with van der Waals surface area (Å²) in [5, 5.41) is 14.7. The molecule has 8 nitrogen and oxygen atoms in total. The number of nitrogens with zero attached hydrogens (tertiary/aromatic N) is 6. The van der Waals surface area contributed by atoms with Gasteiger partial charge in [-0.2, -0.15) is 0 Å². The smallest absolute Gasteiger partial charge is 0.225 e. The number of ketones is 1. The first-order chi connectivity index (χ1) is 24.0. The molecule has 0 bridgehead atoms. The van der Waals surface area contributed by atoms with Crippen LogP contribution in [0.25, 0.3) is 44.1 Å². The highest BCUT2D eigenvalue weighted by Crippen LogP contribution is 2.26. The number of aliphatic hydroxyl groups excluding tert-OH is 1. The molecule has 10 heteroatoms. The fourth-order valence-electron chi connectivity index (χ4n) is 6.04. The maximum atomic E-state index is 11.4. The van der Waals surface area contributed by atoms with E-state index in [0.29, 0.717) is 37.7 Å². The molecular weight excluding hydrogens is 655 g/mol. The fourth-order valence-corrected chi connectivity index (χ4v) is 6.04. The Morgan fingerprint density at radius 1 is 0.612 bits per heavy atom. The Balaban J connectivity index is 0.000000158. The Kier molecular flexibility index (Phi) is 11.6. The monoisotopic (exact) mass is 692 g/mol. The SMILES string of the molecule is ClCCl.O=C1CCN(c2nccc(-c3ccc4ccccc4c3)n2)CC1.OC1CCN(c2nccc(-c3ccc4ccccc4c3)n2)CC1. The largest absolute Gasteiger partial charge is 0.393 e. The maximum absolute atomic E-state index is 11.4. The first-order valence-electron chi connectivity index (χ1n) is 16.5. The molecule has 4 aromatic carbocycles. The second-order valence-electron chi connectivity index (χ2n) is 12.0. The lowest BCUT2D eigenvalue weighted by Crippen LogP contribution is -2.36. The van der Waals surface area contributed by atoms with Gasteiger partial charge in [-0.3, -0.25) is 4.79 Å². The number of carbonyl (C=O) groups excluding carboxylic acids is 1. The number of hydrogen-bond acceptors (Lipinski definition) is 8. The molecule has 0 unspecified atom stereocenters. The number of anilines is 2. The average molecular weight is 694 g/mol. The van der Waals surface area contributed by atoms with Crippen molar-refractivity contribution < 1.29 is 9.90 Å². The molecule has 8 rings (SSSR count). The van der Waals surface area contributed by atoms with E-state index in [-0.39, 0.29) is 11.4 Å². The Hall–Kier alpha value is -4.63. The zero-order chi connectivity index (χ0) is 34.0. The third kappa shape index (κ3) is 8.89. The van der Waals surface area contributed by atoms with Crippen LogP contribution in [0.15, 0.2) is 109 Å². The number of aromatic nitrogens is 4. The van der Waals surface area contributed by atoms with Crippen molar-refractivity contribution in [1.82, 2.24) is 19.9 Å². The van der Waals surface area contributed by atoms with E-state index in [0.717, 1.165) is 54.4 Å². The van der Waals surface area contributed by atoms with Crippen LogP contribution in [0, 0.1) is 0 Å². The Labute approximate surface area is 296 Å². The number of Topliss-reactive ketones (excluding diaryl/α,β-unsaturated/α-hetero) is 1. The van der Waals surface area contributed by atoms with Gasteiger partial charge in [0.05, 0.1) is 22.8 Å². The van der Waals surface area contributed by atoms with Crippen LogP contribution in [-0.4, -0.2) is 68.4 Å². The zero-order valence-corrected chi connectivity index (χ0v) is 28.6. The Bertz CT molecular complexity index is 2010. The average Bonchev–Trinajstić information content (AvgIpc) is 3.16. The van der Waals surface area contributed by atoms with Crippen molar-refractivity contribution in [2.24, 2.45) is 0 Å². The van der Waals surface area contributed by atoms with Gasteiger partial charge in [0.25, 0.3) is 0 Å². The molecular formula is C39H38Cl2N6O2. The van der Waals surface area contributed by atoms with Crippen LogP contribution in [0.4, 0.5) is 11.9 Å². The second kappa shape index (κ2) is 16.7. The molecule has 2 aliphatic rings. The normalized spacial score (nSPS) is 15.0. The minimum Gasteiger partial charge on any atom is -0.393 e. The van der Waals surface area contributed by atoms with E-state index in [1.54, 1.807) is 6.20 Å². The van der Waals surface area contributed by atoms with Gasteiger partial charge in [0.1, 0.15) is 5.78 Å². The van der Waals surface area contributed by atoms with Crippen LogP contribution in [-0.2, 0) is 4.79 Å². The number of piperidine rings is 2. The van der Waals surface area contributed by atoms with Crippen molar-refractivity contribution in [3.05, 3.63) is 109 Å². The first kappa shape index (κ1) is 34.2.